The van der Waals surface area contributed by atoms with Gasteiger partial charge in [-0.25, -0.2) is 4.79 Å². The van der Waals surface area contributed by atoms with Crippen LogP contribution in [0.25, 0.3) is 11.0 Å². The molecule has 0 bridgehead atoms. The summed E-state index contributed by atoms with van der Waals surface area (Å²) in [6, 6.07) is 10.5. The Morgan fingerprint density at radius 1 is 1.17 bits per heavy atom. The van der Waals surface area contributed by atoms with Gasteiger partial charge in [0.05, 0.1) is 11.5 Å². The Balaban J connectivity index is 1.63. The first kappa shape index (κ1) is 19.9. The second-order valence-corrected chi connectivity index (χ2v) is 6.08. The molecule has 0 radical (unpaired) electrons. The summed E-state index contributed by atoms with van der Waals surface area (Å²) in [5.74, 6) is -0.682. The smallest absolute Gasteiger partial charge is 0.375 e. The van der Waals surface area contributed by atoms with E-state index in [2.05, 4.69) is 5.32 Å². The zero-order valence-corrected chi connectivity index (χ0v) is 15.8. The van der Waals surface area contributed by atoms with Crippen molar-refractivity contribution in [2.75, 3.05) is 18.5 Å². The Morgan fingerprint density at radius 2 is 1.90 bits per heavy atom. The molecule has 0 atom stereocenters. The lowest BCUT2D eigenvalue weighted by molar-refractivity contribution is -0.384. The van der Waals surface area contributed by atoms with E-state index in [-0.39, 0.29) is 11.4 Å². The quantitative estimate of drug-likeness (QED) is 0.364. The van der Waals surface area contributed by atoms with Gasteiger partial charge in [0.15, 0.2) is 6.61 Å². The number of nitrogens with zero attached hydrogens (tertiary/aromatic N) is 1. The van der Waals surface area contributed by atoms with Crippen LogP contribution >= 0.6 is 0 Å². The van der Waals surface area contributed by atoms with Crippen LogP contribution in [0.3, 0.4) is 0 Å². The van der Waals surface area contributed by atoms with Crippen LogP contribution in [-0.4, -0.2) is 30.0 Å². The molecule has 0 aliphatic rings. The summed E-state index contributed by atoms with van der Waals surface area (Å²) in [5, 5.41) is 13.8. The zero-order valence-electron chi connectivity index (χ0n) is 15.8. The number of fused-ring (bicyclic) bond motifs is 1. The van der Waals surface area contributed by atoms with Crippen molar-refractivity contribution >= 4 is 34.2 Å². The third-order valence-electron chi connectivity index (χ3n) is 4.10. The highest BCUT2D eigenvalue weighted by Gasteiger charge is 2.20. The Morgan fingerprint density at radius 3 is 2.55 bits per heavy atom. The second-order valence-electron chi connectivity index (χ2n) is 6.08. The number of ether oxygens (including phenoxy) is 2. The minimum absolute atomic E-state index is 0.0109. The molecule has 0 fully saturated rings. The molecule has 0 saturated heterocycles. The monoisotopic (exact) mass is 398 g/mol. The standard InChI is InChI=1S/C20H18N2O7/c1-3-27-15-8-9-17-16(10-15)12(2)19(29-17)20(24)28-11-18(23)21-13-4-6-14(7-5-13)22(25)26/h4-10H,3,11H2,1-2H3,(H,21,23). The van der Waals surface area contributed by atoms with Gasteiger partial charge in [0.2, 0.25) is 5.76 Å². The predicted octanol–water partition coefficient (Wildman–Crippen LogP) is 3.84. The average molecular weight is 398 g/mol. The van der Waals surface area contributed by atoms with Crippen molar-refractivity contribution in [3.63, 3.8) is 0 Å². The van der Waals surface area contributed by atoms with Crippen LogP contribution in [-0.2, 0) is 9.53 Å². The molecule has 0 saturated carbocycles. The number of rotatable bonds is 7. The van der Waals surface area contributed by atoms with Crippen molar-refractivity contribution in [3.05, 3.63) is 63.9 Å². The molecule has 3 aromatic rings. The van der Waals surface area contributed by atoms with E-state index in [1.54, 1.807) is 25.1 Å². The van der Waals surface area contributed by atoms with Crippen molar-refractivity contribution in [2.24, 2.45) is 0 Å². The summed E-state index contributed by atoms with van der Waals surface area (Å²) in [7, 11) is 0. The Labute approximate surface area is 165 Å². The number of carbonyl (C=O) groups is 2. The molecule has 1 N–H and O–H groups in total. The van der Waals surface area contributed by atoms with E-state index in [1.807, 2.05) is 6.92 Å². The van der Waals surface area contributed by atoms with Crippen molar-refractivity contribution in [1.29, 1.82) is 0 Å². The number of furan rings is 1. The average Bonchev–Trinajstić information content (AvgIpc) is 3.03. The lowest BCUT2D eigenvalue weighted by Gasteiger charge is -2.06. The fourth-order valence-corrected chi connectivity index (χ4v) is 2.71. The first-order valence-electron chi connectivity index (χ1n) is 8.76. The van der Waals surface area contributed by atoms with Gasteiger partial charge in [-0.3, -0.25) is 14.9 Å². The third kappa shape index (κ3) is 4.52. The second kappa shape index (κ2) is 8.42. The molecule has 29 heavy (non-hydrogen) atoms. The van der Waals surface area contributed by atoms with Crippen LogP contribution in [0.5, 0.6) is 5.75 Å². The molecule has 0 spiro atoms. The topological polar surface area (TPSA) is 121 Å². The number of nitro groups is 1. The van der Waals surface area contributed by atoms with Crippen molar-refractivity contribution in [2.45, 2.75) is 13.8 Å². The minimum Gasteiger partial charge on any atom is -0.494 e. The van der Waals surface area contributed by atoms with E-state index in [9.17, 15) is 19.7 Å². The number of esters is 1. The van der Waals surface area contributed by atoms with Gasteiger partial charge in [0.1, 0.15) is 11.3 Å². The largest absolute Gasteiger partial charge is 0.494 e. The molecule has 1 amide bonds. The van der Waals surface area contributed by atoms with Crippen LogP contribution in [0.1, 0.15) is 23.0 Å². The maximum absolute atomic E-state index is 12.3. The number of nitro benzene ring substituents is 1. The van der Waals surface area contributed by atoms with Gasteiger partial charge in [-0.15, -0.1) is 0 Å². The number of anilines is 1. The molecule has 0 unspecified atom stereocenters. The summed E-state index contributed by atoms with van der Waals surface area (Å²) in [4.78, 5) is 34.4. The summed E-state index contributed by atoms with van der Waals surface area (Å²) < 4.78 is 16.0. The van der Waals surface area contributed by atoms with Crippen LogP contribution in [0, 0.1) is 17.0 Å². The maximum atomic E-state index is 12.3. The molecular weight excluding hydrogens is 380 g/mol. The van der Waals surface area contributed by atoms with Crippen LogP contribution in [0.2, 0.25) is 0 Å². The van der Waals surface area contributed by atoms with Crippen molar-refractivity contribution in [1.82, 2.24) is 0 Å². The molecule has 1 aromatic heterocycles. The maximum Gasteiger partial charge on any atom is 0.375 e. The highest BCUT2D eigenvalue weighted by atomic mass is 16.6. The lowest BCUT2D eigenvalue weighted by atomic mass is 10.1. The number of hydrogen-bond acceptors (Lipinski definition) is 7. The van der Waals surface area contributed by atoms with Gasteiger partial charge < -0.3 is 19.2 Å². The predicted molar refractivity (Wildman–Crippen MR) is 104 cm³/mol. The minimum atomic E-state index is -0.768. The molecule has 150 valence electrons. The number of hydrogen-bond donors (Lipinski definition) is 1. The van der Waals surface area contributed by atoms with Gasteiger partial charge in [-0.1, -0.05) is 0 Å². The van der Waals surface area contributed by atoms with Crippen LogP contribution in [0.15, 0.2) is 46.9 Å². The van der Waals surface area contributed by atoms with Gasteiger partial charge in [0, 0.05) is 28.8 Å². The van der Waals surface area contributed by atoms with E-state index < -0.39 is 23.4 Å². The highest BCUT2D eigenvalue weighted by molar-refractivity contribution is 5.98. The molecule has 9 nitrogen and oxygen atoms in total. The molecular formula is C20H18N2O7. The molecule has 2 aromatic carbocycles. The summed E-state index contributed by atoms with van der Waals surface area (Å²) in [5.41, 5.74) is 1.35. The first-order chi connectivity index (χ1) is 13.9. The van der Waals surface area contributed by atoms with Crippen molar-refractivity contribution < 1.29 is 28.4 Å². The Hall–Kier alpha value is -3.88. The fourth-order valence-electron chi connectivity index (χ4n) is 2.71. The molecule has 0 aliphatic heterocycles. The Kier molecular flexibility index (Phi) is 5.77. The SMILES string of the molecule is CCOc1ccc2oc(C(=O)OCC(=O)Nc3ccc([N+](=O)[O-])cc3)c(C)c2c1. The zero-order chi connectivity index (χ0) is 21.0. The molecule has 3 rings (SSSR count). The van der Waals surface area contributed by atoms with E-state index in [4.69, 9.17) is 13.9 Å². The van der Waals surface area contributed by atoms with Gasteiger partial charge >= 0.3 is 5.97 Å². The van der Waals surface area contributed by atoms with E-state index in [1.165, 1.54) is 24.3 Å². The summed E-state index contributed by atoms with van der Waals surface area (Å²) >= 11 is 0. The molecule has 0 aliphatic carbocycles. The number of carbonyl (C=O) groups excluding carboxylic acids is 2. The van der Waals surface area contributed by atoms with Gasteiger partial charge in [-0.05, 0) is 44.2 Å². The van der Waals surface area contributed by atoms with Crippen molar-refractivity contribution in [3.8, 4) is 5.75 Å². The van der Waals surface area contributed by atoms with Gasteiger partial charge in [-0.2, -0.15) is 0 Å². The summed E-state index contributed by atoms with van der Waals surface area (Å²) in [6.07, 6.45) is 0. The van der Waals surface area contributed by atoms with Crippen LogP contribution in [0.4, 0.5) is 11.4 Å². The number of aryl methyl sites for hydroxylation is 1. The van der Waals surface area contributed by atoms with E-state index in [0.717, 1.165) is 5.39 Å². The van der Waals surface area contributed by atoms with E-state index >= 15 is 0 Å². The fraction of sp³-hybridized carbons (Fsp3) is 0.200. The molecule has 1 heterocycles. The van der Waals surface area contributed by atoms with E-state index in [0.29, 0.717) is 29.2 Å². The third-order valence-corrected chi connectivity index (χ3v) is 4.10. The highest BCUT2D eigenvalue weighted by Crippen LogP contribution is 2.29. The number of amides is 1. The number of benzene rings is 2. The summed E-state index contributed by atoms with van der Waals surface area (Å²) in [6.45, 7) is 3.57. The number of nitrogens with one attached hydrogen (secondary N) is 1. The van der Waals surface area contributed by atoms with Crippen LogP contribution < -0.4 is 10.1 Å². The lowest BCUT2D eigenvalue weighted by Crippen LogP contribution is -2.21. The first-order valence-corrected chi connectivity index (χ1v) is 8.76. The Bertz CT molecular complexity index is 1070. The number of non-ortho nitro benzene ring substituents is 1. The normalized spacial score (nSPS) is 10.6. The van der Waals surface area contributed by atoms with Gasteiger partial charge in [0.25, 0.3) is 11.6 Å². The molecule has 9 heteroatoms.